The molecule has 2 aromatic rings. The number of halogens is 1. The molecule has 5 nitrogen and oxygen atoms in total. The van der Waals surface area contributed by atoms with Crippen molar-refractivity contribution in [2.75, 3.05) is 7.11 Å². The zero-order valence-electron chi connectivity index (χ0n) is 11.5. The number of nitro groups is 1. The summed E-state index contributed by atoms with van der Waals surface area (Å²) in [5.41, 5.74) is 1.68. The molecule has 2 rings (SSSR count). The molecule has 6 heteroatoms. The summed E-state index contributed by atoms with van der Waals surface area (Å²) in [4.78, 5) is 10.6. The number of hydrogen-bond acceptors (Lipinski definition) is 4. The van der Waals surface area contributed by atoms with Gasteiger partial charge in [-0.3, -0.25) is 10.1 Å². The highest BCUT2D eigenvalue weighted by Crippen LogP contribution is 2.23. The van der Waals surface area contributed by atoms with Crippen molar-refractivity contribution in [3.63, 3.8) is 0 Å². The van der Waals surface area contributed by atoms with Gasteiger partial charge in [-0.15, -0.1) is 0 Å². The van der Waals surface area contributed by atoms with Crippen LogP contribution in [0.25, 0.3) is 0 Å². The van der Waals surface area contributed by atoms with E-state index in [-0.39, 0.29) is 5.69 Å². The number of nitrogens with one attached hydrogen (secondary N) is 1. The molecule has 0 spiro atoms. The first kappa shape index (κ1) is 15.3. The lowest BCUT2D eigenvalue weighted by molar-refractivity contribution is -0.385. The summed E-state index contributed by atoms with van der Waals surface area (Å²) in [6.45, 7) is 0.988. The van der Waals surface area contributed by atoms with Gasteiger partial charge in [0.2, 0.25) is 0 Å². The van der Waals surface area contributed by atoms with Gasteiger partial charge in [0.1, 0.15) is 5.75 Å². The zero-order valence-corrected chi connectivity index (χ0v) is 12.3. The second-order valence-electron chi connectivity index (χ2n) is 4.49. The highest BCUT2D eigenvalue weighted by Gasteiger charge is 2.13. The third kappa shape index (κ3) is 4.18. The van der Waals surface area contributed by atoms with Crippen LogP contribution in [0.3, 0.4) is 0 Å². The molecule has 0 aromatic heterocycles. The van der Waals surface area contributed by atoms with Crippen molar-refractivity contribution >= 4 is 17.3 Å². The molecule has 21 heavy (non-hydrogen) atoms. The Kier molecular flexibility index (Phi) is 5.14. The smallest absolute Gasteiger partial charge is 0.275 e. The normalized spacial score (nSPS) is 10.4. The minimum absolute atomic E-state index is 0.0284. The van der Waals surface area contributed by atoms with E-state index in [4.69, 9.17) is 16.3 Å². The average Bonchev–Trinajstić information content (AvgIpc) is 2.48. The number of methoxy groups -OCH3 is 1. The third-order valence-electron chi connectivity index (χ3n) is 3.02. The Bertz CT molecular complexity index is 647. The zero-order chi connectivity index (χ0) is 15.2. The predicted molar refractivity (Wildman–Crippen MR) is 81.6 cm³/mol. The lowest BCUT2D eigenvalue weighted by Crippen LogP contribution is -2.13. The standard InChI is InChI=1S/C15H15ClN2O3/c1-21-14-4-2-3-11(7-14)9-17-10-12-5-6-13(16)8-15(12)18(19)20/h2-8,17H,9-10H2,1H3. The van der Waals surface area contributed by atoms with Crippen LogP contribution in [0.1, 0.15) is 11.1 Å². The Morgan fingerprint density at radius 1 is 1.24 bits per heavy atom. The first-order valence-electron chi connectivity index (χ1n) is 6.36. The van der Waals surface area contributed by atoms with Crippen molar-refractivity contribution in [3.05, 3.63) is 68.7 Å². The average molecular weight is 307 g/mol. The Morgan fingerprint density at radius 2 is 2.05 bits per heavy atom. The first-order chi connectivity index (χ1) is 10.1. The van der Waals surface area contributed by atoms with Crippen LogP contribution in [-0.2, 0) is 13.1 Å². The van der Waals surface area contributed by atoms with E-state index < -0.39 is 4.92 Å². The van der Waals surface area contributed by atoms with Crippen molar-refractivity contribution in [2.45, 2.75) is 13.1 Å². The van der Waals surface area contributed by atoms with Crippen LogP contribution in [0.5, 0.6) is 5.75 Å². The highest BCUT2D eigenvalue weighted by molar-refractivity contribution is 6.30. The van der Waals surface area contributed by atoms with Gasteiger partial charge in [-0.1, -0.05) is 23.7 Å². The topological polar surface area (TPSA) is 64.4 Å². The summed E-state index contributed by atoms with van der Waals surface area (Å²) in [6, 6.07) is 12.3. The number of nitro benzene ring substituents is 1. The van der Waals surface area contributed by atoms with Gasteiger partial charge < -0.3 is 10.1 Å². The van der Waals surface area contributed by atoms with E-state index in [1.54, 1.807) is 19.2 Å². The Hall–Kier alpha value is -2.11. The van der Waals surface area contributed by atoms with Crippen LogP contribution in [-0.4, -0.2) is 12.0 Å². The fraction of sp³-hybridized carbons (Fsp3) is 0.200. The van der Waals surface area contributed by atoms with Gasteiger partial charge >= 0.3 is 0 Å². The van der Waals surface area contributed by atoms with Gasteiger partial charge in [-0.2, -0.15) is 0 Å². The maximum atomic E-state index is 11.0. The van der Waals surface area contributed by atoms with Crippen molar-refractivity contribution in [1.82, 2.24) is 5.32 Å². The van der Waals surface area contributed by atoms with E-state index in [2.05, 4.69) is 5.32 Å². The lowest BCUT2D eigenvalue weighted by atomic mass is 10.1. The molecule has 0 bridgehead atoms. The van der Waals surface area contributed by atoms with Crippen LogP contribution >= 0.6 is 11.6 Å². The molecule has 0 saturated heterocycles. The number of benzene rings is 2. The van der Waals surface area contributed by atoms with Crippen molar-refractivity contribution in [3.8, 4) is 5.75 Å². The van der Waals surface area contributed by atoms with E-state index in [9.17, 15) is 10.1 Å². The summed E-state index contributed by atoms with van der Waals surface area (Å²) in [6.07, 6.45) is 0. The van der Waals surface area contributed by atoms with Crippen LogP contribution in [0.2, 0.25) is 5.02 Å². The molecular formula is C15H15ClN2O3. The van der Waals surface area contributed by atoms with Gasteiger partial charge in [0.15, 0.2) is 0 Å². The van der Waals surface area contributed by atoms with E-state index in [1.165, 1.54) is 6.07 Å². The van der Waals surface area contributed by atoms with Crippen molar-refractivity contribution in [1.29, 1.82) is 0 Å². The molecule has 0 aliphatic carbocycles. The fourth-order valence-corrected chi connectivity index (χ4v) is 2.15. The van der Waals surface area contributed by atoms with E-state index in [1.807, 2.05) is 24.3 Å². The van der Waals surface area contributed by atoms with Gasteiger partial charge in [0, 0.05) is 29.7 Å². The molecule has 0 aliphatic heterocycles. The van der Waals surface area contributed by atoms with Gasteiger partial charge in [-0.05, 0) is 29.8 Å². The quantitative estimate of drug-likeness (QED) is 0.655. The molecule has 2 aromatic carbocycles. The molecule has 0 saturated carbocycles. The van der Waals surface area contributed by atoms with Crippen LogP contribution in [0, 0.1) is 10.1 Å². The second-order valence-corrected chi connectivity index (χ2v) is 4.92. The molecular weight excluding hydrogens is 292 g/mol. The number of hydrogen-bond donors (Lipinski definition) is 1. The first-order valence-corrected chi connectivity index (χ1v) is 6.74. The molecule has 0 radical (unpaired) electrons. The van der Waals surface area contributed by atoms with Crippen molar-refractivity contribution < 1.29 is 9.66 Å². The molecule has 0 amide bonds. The summed E-state index contributed by atoms with van der Waals surface area (Å²) < 4.78 is 5.15. The molecule has 0 aliphatic rings. The number of ether oxygens (including phenoxy) is 1. The molecule has 0 fully saturated rings. The Morgan fingerprint density at radius 3 is 2.76 bits per heavy atom. The monoisotopic (exact) mass is 306 g/mol. The summed E-state index contributed by atoms with van der Waals surface area (Å²) in [5, 5.41) is 14.5. The summed E-state index contributed by atoms with van der Waals surface area (Å²) >= 11 is 5.79. The predicted octanol–water partition coefficient (Wildman–Crippen LogP) is 3.55. The van der Waals surface area contributed by atoms with Crippen LogP contribution < -0.4 is 10.1 Å². The fourth-order valence-electron chi connectivity index (χ4n) is 1.98. The molecule has 0 heterocycles. The highest BCUT2D eigenvalue weighted by atomic mass is 35.5. The largest absolute Gasteiger partial charge is 0.497 e. The number of rotatable bonds is 6. The maximum absolute atomic E-state index is 11.0. The summed E-state index contributed by atoms with van der Waals surface area (Å²) in [7, 11) is 1.61. The van der Waals surface area contributed by atoms with Gasteiger partial charge in [0.05, 0.1) is 12.0 Å². The van der Waals surface area contributed by atoms with E-state index >= 15 is 0 Å². The molecule has 1 N–H and O–H groups in total. The van der Waals surface area contributed by atoms with Crippen LogP contribution in [0.4, 0.5) is 5.69 Å². The van der Waals surface area contributed by atoms with Gasteiger partial charge in [0.25, 0.3) is 5.69 Å². The molecule has 110 valence electrons. The van der Waals surface area contributed by atoms with Crippen LogP contribution in [0.15, 0.2) is 42.5 Å². The molecule has 0 atom stereocenters. The SMILES string of the molecule is COc1cccc(CNCc2ccc(Cl)cc2[N+](=O)[O-])c1. The van der Waals surface area contributed by atoms with E-state index in [0.29, 0.717) is 23.7 Å². The maximum Gasteiger partial charge on any atom is 0.275 e. The number of nitrogens with zero attached hydrogens (tertiary/aromatic N) is 1. The van der Waals surface area contributed by atoms with Crippen molar-refractivity contribution in [2.24, 2.45) is 0 Å². The minimum atomic E-state index is -0.422. The summed E-state index contributed by atoms with van der Waals surface area (Å²) in [5.74, 6) is 0.784. The lowest BCUT2D eigenvalue weighted by Gasteiger charge is -2.07. The van der Waals surface area contributed by atoms with E-state index in [0.717, 1.165) is 11.3 Å². The second kappa shape index (κ2) is 7.06. The molecule has 0 unspecified atom stereocenters. The Balaban J connectivity index is 2.01. The van der Waals surface area contributed by atoms with Gasteiger partial charge in [-0.25, -0.2) is 0 Å². The Labute approximate surface area is 127 Å². The minimum Gasteiger partial charge on any atom is -0.497 e. The third-order valence-corrected chi connectivity index (χ3v) is 3.26.